The number of sulfonamides is 2. The van der Waals surface area contributed by atoms with Crippen LogP contribution in [0.5, 0.6) is 0 Å². The van der Waals surface area contributed by atoms with Crippen LogP contribution in [0.15, 0.2) is 143 Å². The van der Waals surface area contributed by atoms with Crippen molar-refractivity contribution in [3.8, 4) is 0 Å². The number of carboxylic acid groups (broad SMARTS) is 2. The van der Waals surface area contributed by atoms with Gasteiger partial charge in [0, 0.05) is 0 Å². The lowest BCUT2D eigenvalue weighted by molar-refractivity contribution is 0.0684. The van der Waals surface area contributed by atoms with E-state index >= 15 is 0 Å². The van der Waals surface area contributed by atoms with Crippen LogP contribution in [0, 0.1) is 20.8 Å². The summed E-state index contributed by atoms with van der Waals surface area (Å²) >= 11 is 0. The van der Waals surface area contributed by atoms with E-state index in [1.165, 1.54) is 0 Å². The van der Waals surface area contributed by atoms with Gasteiger partial charge in [-0.3, -0.25) is 9.44 Å². The molecule has 0 bridgehead atoms. The van der Waals surface area contributed by atoms with E-state index in [9.17, 15) is 36.6 Å². The summed E-state index contributed by atoms with van der Waals surface area (Å²) in [6, 6.07) is 38.8. The van der Waals surface area contributed by atoms with Gasteiger partial charge in [-0.1, -0.05) is 123 Å². The molecule has 6 aromatic rings. The average molecular weight is 861 g/mol. The van der Waals surface area contributed by atoms with Gasteiger partial charge in [-0.15, -0.1) is 0 Å². The Morgan fingerprint density at radius 1 is 0.508 bits per heavy atom. The first-order chi connectivity index (χ1) is 28.8. The molecule has 12 heteroatoms. The monoisotopic (exact) mass is 860 g/mol. The van der Waals surface area contributed by atoms with Gasteiger partial charge in [-0.2, -0.15) is 0 Å². The summed E-state index contributed by atoms with van der Waals surface area (Å²) in [5.74, 6) is -1.94. The van der Waals surface area contributed by atoms with Crippen molar-refractivity contribution in [1.29, 1.82) is 0 Å². The van der Waals surface area contributed by atoms with Crippen LogP contribution in [0.4, 0.5) is 11.4 Å². The van der Waals surface area contributed by atoms with Crippen LogP contribution in [-0.4, -0.2) is 39.0 Å². The Hall–Kier alpha value is -6.24. The molecule has 10 nitrogen and oxygen atoms in total. The lowest BCUT2D eigenvalue weighted by atomic mass is 9.87. The quantitative estimate of drug-likeness (QED) is 0.0840. The van der Waals surface area contributed by atoms with Gasteiger partial charge in [0.15, 0.2) is 0 Å². The number of benzene rings is 6. The molecule has 61 heavy (non-hydrogen) atoms. The van der Waals surface area contributed by atoms with Gasteiger partial charge in [0.1, 0.15) is 0 Å². The van der Waals surface area contributed by atoms with Gasteiger partial charge in [-0.05, 0) is 127 Å². The third-order valence-corrected chi connectivity index (χ3v) is 13.3. The maximum atomic E-state index is 13.1. The van der Waals surface area contributed by atoms with Crippen LogP contribution in [0.25, 0.3) is 0 Å². The minimum atomic E-state index is -3.76. The maximum absolute atomic E-state index is 13.1. The molecule has 0 heterocycles. The highest BCUT2D eigenvalue weighted by molar-refractivity contribution is 7.93. The molecule has 0 spiro atoms. The number of rotatable bonds is 14. The topological polar surface area (TPSA) is 167 Å². The molecule has 0 amide bonds. The van der Waals surface area contributed by atoms with E-state index in [1.54, 1.807) is 98.8 Å². The molecule has 0 unspecified atom stereocenters. The number of hydrogen-bond acceptors (Lipinski definition) is 6. The Kier molecular flexibility index (Phi) is 14.6. The lowest BCUT2D eigenvalue weighted by Crippen LogP contribution is -2.17. The molecule has 0 radical (unpaired) electrons. The van der Waals surface area contributed by atoms with E-state index in [1.807, 2.05) is 55.5 Å². The smallest absolute Gasteiger partial charge is 0.335 e. The molecule has 0 aliphatic rings. The van der Waals surface area contributed by atoms with E-state index in [4.69, 9.17) is 0 Å². The summed E-state index contributed by atoms with van der Waals surface area (Å²) in [5.41, 5.74) is 7.99. The summed E-state index contributed by atoms with van der Waals surface area (Å²) in [7, 11) is -7.51. The van der Waals surface area contributed by atoms with E-state index < -0.39 is 32.0 Å². The molecule has 0 saturated heterocycles. The Morgan fingerprint density at radius 3 is 1.28 bits per heavy atom. The van der Waals surface area contributed by atoms with Crippen LogP contribution >= 0.6 is 0 Å². The minimum Gasteiger partial charge on any atom is -0.478 e. The first kappa shape index (κ1) is 45.8. The molecule has 0 aromatic heterocycles. The van der Waals surface area contributed by atoms with Crippen molar-refractivity contribution < 1.29 is 36.6 Å². The number of aryl methyl sites for hydroxylation is 7. The standard InChI is InChI=1S/C25H27NO4S.C24H25NO4S/c1-25(2,3)20-14-16-21(17-15-20)31(29,30)26-23-11-7-5-9-19(23)13-12-18-8-4-6-10-22(18)24(27)28;1-16-14-17(2)23(18(3)15-16)30(28,29)25-22-11-7-5-9-20(22)13-12-19-8-4-6-10-21(19)24(26)27/h4-11,14-17,26H,12-13H2,1-3H3,(H,27,28);4-11,14-15,25H,12-13H2,1-3H3,(H,26,27). The first-order valence-electron chi connectivity index (χ1n) is 19.8. The van der Waals surface area contributed by atoms with Crippen molar-refractivity contribution >= 4 is 43.4 Å². The second-order valence-corrected chi connectivity index (χ2v) is 19.3. The highest BCUT2D eigenvalue weighted by Gasteiger charge is 2.22. The van der Waals surface area contributed by atoms with E-state index in [2.05, 4.69) is 30.2 Å². The lowest BCUT2D eigenvalue weighted by Gasteiger charge is -2.19. The molecule has 318 valence electrons. The number of anilines is 2. The summed E-state index contributed by atoms with van der Waals surface area (Å²) in [4.78, 5) is 23.4. The highest BCUT2D eigenvalue weighted by Crippen LogP contribution is 2.28. The molecule has 0 fully saturated rings. The molecular formula is C49H52N2O8S2. The molecule has 4 N–H and O–H groups in total. The fourth-order valence-corrected chi connectivity index (χ4v) is 9.89. The number of para-hydroxylation sites is 2. The highest BCUT2D eigenvalue weighted by atomic mass is 32.2. The fourth-order valence-electron chi connectivity index (χ4n) is 7.23. The van der Waals surface area contributed by atoms with Gasteiger partial charge in [-0.25, -0.2) is 26.4 Å². The van der Waals surface area contributed by atoms with Crippen LogP contribution in [-0.2, 0) is 51.1 Å². The van der Waals surface area contributed by atoms with Crippen molar-refractivity contribution in [2.45, 2.75) is 82.4 Å². The van der Waals surface area contributed by atoms with Crippen LogP contribution in [0.1, 0.15) is 86.0 Å². The van der Waals surface area contributed by atoms with Crippen LogP contribution in [0.2, 0.25) is 0 Å². The van der Waals surface area contributed by atoms with Gasteiger partial charge < -0.3 is 10.2 Å². The van der Waals surface area contributed by atoms with Gasteiger partial charge >= 0.3 is 11.9 Å². The van der Waals surface area contributed by atoms with Crippen molar-refractivity contribution in [3.63, 3.8) is 0 Å². The van der Waals surface area contributed by atoms with Crippen molar-refractivity contribution in [2.24, 2.45) is 0 Å². The Balaban J connectivity index is 0.000000231. The second kappa shape index (κ2) is 19.4. The van der Waals surface area contributed by atoms with Crippen molar-refractivity contribution in [3.05, 3.63) is 189 Å². The minimum absolute atomic E-state index is 0.0609. The zero-order chi connectivity index (χ0) is 44.5. The molecule has 6 aromatic carbocycles. The number of carbonyl (C=O) groups is 2. The second-order valence-electron chi connectivity index (χ2n) is 16.0. The van der Waals surface area contributed by atoms with Crippen molar-refractivity contribution in [1.82, 2.24) is 0 Å². The van der Waals surface area contributed by atoms with Crippen molar-refractivity contribution in [2.75, 3.05) is 9.44 Å². The molecular weight excluding hydrogens is 809 g/mol. The third-order valence-electron chi connectivity index (χ3n) is 10.3. The number of hydrogen-bond donors (Lipinski definition) is 4. The van der Waals surface area contributed by atoms with E-state index in [0.717, 1.165) is 22.3 Å². The van der Waals surface area contributed by atoms with Crippen LogP contribution < -0.4 is 9.44 Å². The summed E-state index contributed by atoms with van der Waals surface area (Å²) < 4.78 is 57.6. The Morgan fingerprint density at radius 2 is 0.869 bits per heavy atom. The summed E-state index contributed by atoms with van der Waals surface area (Å²) in [6.07, 6.45) is 1.99. The van der Waals surface area contributed by atoms with Crippen LogP contribution in [0.3, 0.4) is 0 Å². The molecule has 0 aliphatic heterocycles. The maximum Gasteiger partial charge on any atom is 0.335 e. The van der Waals surface area contributed by atoms with Gasteiger partial charge in [0.2, 0.25) is 0 Å². The zero-order valence-electron chi connectivity index (χ0n) is 35.2. The number of aromatic carboxylic acids is 2. The Labute approximate surface area is 359 Å². The largest absolute Gasteiger partial charge is 0.478 e. The summed E-state index contributed by atoms with van der Waals surface area (Å²) in [5, 5.41) is 18.8. The first-order valence-corrected chi connectivity index (χ1v) is 22.8. The molecule has 0 aliphatic carbocycles. The fraction of sp³-hybridized carbons (Fsp3) is 0.224. The predicted octanol–water partition coefficient (Wildman–Crippen LogP) is 10.2. The number of nitrogens with one attached hydrogen (secondary N) is 2. The molecule has 6 rings (SSSR count). The van der Waals surface area contributed by atoms with E-state index in [-0.39, 0.29) is 21.4 Å². The number of carboxylic acids is 2. The normalized spacial score (nSPS) is 11.6. The van der Waals surface area contributed by atoms with Gasteiger partial charge in [0.25, 0.3) is 20.0 Å². The summed E-state index contributed by atoms with van der Waals surface area (Å²) in [6.45, 7) is 11.8. The van der Waals surface area contributed by atoms with E-state index in [0.29, 0.717) is 64.2 Å². The predicted molar refractivity (Wildman–Crippen MR) is 242 cm³/mol. The SMILES string of the molecule is CC(C)(C)c1ccc(S(=O)(=O)Nc2ccccc2CCc2ccccc2C(=O)O)cc1.Cc1cc(C)c(S(=O)(=O)Nc2ccccc2CCc2ccccc2C(=O)O)c(C)c1. The average Bonchev–Trinajstić information content (AvgIpc) is 3.19. The molecule has 0 saturated carbocycles. The zero-order valence-corrected chi connectivity index (χ0v) is 36.8. The molecule has 0 atom stereocenters. The van der Waals surface area contributed by atoms with Gasteiger partial charge in [0.05, 0.1) is 32.3 Å². The third kappa shape index (κ3) is 12.0. The Bertz CT molecular complexity index is 2730.